The van der Waals surface area contributed by atoms with Gasteiger partial charge in [-0.1, -0.05) is 30.3 Å². The molecule has 4 nitrogen and oxygen atoms in total. The van der Waals surface area contributed by atoms with Gasteiger partial charge in [-0.3, -0.25) is 0 Å². The molecule has 0 spiro atoms. The standard InChI is InChI=1S/C18H30N4.HI/c1-4-19-18(20-14-16-8-6-5-7-9-16)21-17-10-12-22(13-11-17)15(2)3;/h5-9,15,17H,4,10-14H2,1-3H3,(H2,19,20,21);1H. The molecule has 0 atom stereocenters. The van der Waals surface area contributed by atoms with Crippen molar-refractivity contribution in [2.45, 2.75) is 52.2 Å². The molecule has 5 heteroatoms. The number of likely N-dealkylation sites (tertiary alicyclic amines) is 1. The largest absolute Gasteiger partial charge is 0.357 e. The minimum absolute atomic E-state index is 0. The number of guanidine groups is 1. The molecule has 0 saturated carbocycles. The van der Waals surface area contributed by atoms with Crippen LogP contribution in [0.25, 0.3) is 0 Å². The predicted molar refractivity (Wildman–Crippen MR) is 110 cm³/mol. The van der Waals surface area contributed by atoms with E-state index in [0.29, 0.717) is 12.1 Å². The van der Waals surface area contributed by atoms with Crippen molar-refractivity contribution in [1.82, 2.24) is 15.5 Å². The highest BCUT2D eigenvalue weighted by Gasteiger charge is 2.21. The van der Waals surface area contributed by atoms with E-state index in [2.05, 4.69) is 60.6 Å². The van der Waals surface area contributed by atoms with Crippen LogP contribution in [0.3, 0.4) is 0 Å². The summed E-state index contributed by atoms with van der Waals surface area (Å²) in [6.45, 7) is 10.6. The second kappa shape index (κ2) is 10.9. The van der Waals surface area contributed by atoms with Crippen LogP contribution in [0.1, 0.15) is 39.2 Å². The number of rotatable bonds is 5. The van der Waals surface area contributed by atoms with Gasteiger partial charge in [0.2, 0.25) is 0 Å². The maximum absolute atomic E-state index is 4.71. The zero-order chi connectivity index (χ0) is 15.8. The van der Waals surface area contributed by atoms with Crippen molar-refractivity contribution in [3.05, 3.63) is 35.9 Å². The lowest BCUT2D eigenvalue weighted by atomic mass is 10.0. The van der Waals surface area contributed by atoms with Gasteiger partial charge in [0, 0.05) is 31.7 Å². The van der Waals surface area contributed by atoms with Crippen LogP contribution in [-0.2, 0) is 6.54 Å². The van der Waals surface area contributed by atoms with Crippen LogP contribution < -0.4 is 10.6 Å². The molecule has 0 aromatic heterocycles. The minimum atomic E-state index is 0. The van der Waals surface area contributed by atoms with Crippen LogP contribution in [0.15, 0.2) is 35.3 Å². The van der Waals surface area contributed by atoms with Crippen molar-refractivity contribution in [1.29, 1.82) is 0 Å². The summed E-state index contributed by atoms with van der Waals surface area (Å²) in [4.78, 5) is 7.26. The van der Waals surface area contributed by atoms with Gasteiger partial charge >= 0.3 is 0 Å². The Hall–Kier alpha value is -0.820. The van der Waals surface area contributed by atoms with E-state index in [0.717, 1.165) is 19.0 Å². The maximum atomic E-state index is 4.71. The summed E-state index contributed by atoms with van der Waals surface area (Å²) in [6.07, 6.45) is 2.38. The Morgan fingerprint density at radius 3 is 2.43 bits per heavy atom. The van der Waals surface area contributed by atoms with Crippen molar-refractivity contribution >= 4 is 29.9 Å². The number of nitrogens with one attached hydrogen (secondary N) is 2. The van der Waals surface area contributed by atoms with Gasteiger partial charge < -0.3 is 15.5 Å². The summed E-state index contributed by atoms with van der Waals surface area (Å²) in [5, 5.41) is 6.96. The van der Waals surface area contributed by atoms with E-state index in [1.165, 1.54) is 31.5 Å². The van der Waals surface area contributed by atoms with Crippen molar-refractivity contribution in [2.24, 2.45) is 4.99 Å². The van der Waals surface area contributed by atoms with Crippen molar-refractivity contribution in [2.75, 3.05) is 19.6 Å². The molecule has 2 N–H and O–H groups in total. The SMILES string of the molecule is CCNC(=NCc1ccccc1)NC1CCN(C(C)C)CC1.I. The van der Waals surface area contributed by atoms with E-state index in [4.69, 9.17) is 4.99 Å². The topological polar surface area (TPSA) is 39.7 Å². The monoisotopic (exact) mass is 430 g/mol. The molecule has 1 fully saturated rings. The fourth-order valence-electron chi connectivity index (χ4n) is 2.83. The summed E-state index contributed by atoms with van der Waals surface area (Å²) in [5.74, 6) is 0.939. The maximum Gasteiger partial charge on any atom is 0.191 e. The molecular formula is C18H31IN4. The lowest BCUT2D eigenvalue weighted by Gasteiger charge is -2.35. The highest BCUT2D eigenvalue weighted by atomic mass is 127. The van der Waals surface area contributed by atoms with E-state index < -0.39 is 0 Å². The lowest BCUT2D eigenvalue weighted by molar-refractivity contribution is 0.167. The number of nitrogens with zero attached hydrogens (tertiary/aromatic N) is 2. The number of halogens is 1. The molecule has 0 unspecified atom stereocenters. The number of aliphatic imine (C=N–C) groups is 1. The quantitative estimate of drug-likeness (QED) is 0.428. The lowest BCUT2D eigenvalue weighted by Crippen LogP contribution is -2.49. The van der Waals surface area contributed by atoms with E-state index in [-0.39, 0.29) is 24.0 Å². The summed E-state index contributed by atoms with van der Waals surface area (Å²) in [6, 6.07) is 11.6. The van der Waals surface area contributed by atoms with Gasteiger partial charge in [0.15, 0.2) is 5.96 Å². The fourth-order valence-corrected chi connectivity index (χ4v) is 2.83. The molecule has 0 amide bonds. The first kappa shape index (κ1) is 20.2. The van der Waals surface area contributed by atoms with Crippen LogP contribution in [0.5, 0.6) is 0 Å². The molecule has 0 aliphatic carbocycles. The average Bonchev–Trinajstić information content (AvgIpc) is 2.54. The number of hydrogen-bond acceptors (Lipinski definition) is 2. The predicted octanol–water partition coefficient (Wildman–Crippen LogP) is 3.23. The Bertz CT molecular complexity index is 453. The third kappa shape index (κ3) is 7.08. The second-order valence-corrected chi connectivity index (χ2v) is 6.23. The van der Waals surface area contributed by atoms with Crippen molar-refractivity contribution < 1.29 is 0 Å². The van der Waals surface area contributed by atoms with Gasteiger partial charge in [0.05, 0.1) is 6.54 Å². The molecule has 1 saturated heterocycles. The van der Waals surface area contributed by atoms with Gasteiger partial charge in [-0.2, -0.15) is 0 Å². The molecular weight excluding hydrogens is 399 g/mol. The van der Waals surface area contributed by atoms with Crippen LogP contribution in [-0.4, -0.2) is 42.6 Å². The van der Waals surface area contributed by atoms with Crippen LogP contribution in [0, 0.1) is 0 Å². The Balaban J connectivity index is 0.00000264. The van der Waals surface area contributed by atoms with Gasteiger partial charge in [-0.25, -0.2) is 4.99 Å². The first-order chi connectivity index (χ1) is 10.7. The highest BCUT2D eigenvalue weighted by molar-refractivity contribution is 14.0. The third-order valence-corrected chi connectivity index (χ3v) is 4.21. The molecule has 23 heavy (non-hydrogen) atoms. The van der Waals surface area contributed by atoms with Crippen LogP contribution in [0.4, 0.5) is 0 Å². The molecule has 1 aromatic carbocycles. The van der Waals surface area contributed by atoms with Gasteiger partial charge in [-0.15, -0.1) is 24.0 Å². The van der Waals surface area contributed by atoms with Crippen LogP contribution >= 0.6 is 24.0 Å². The number of hydrogen-bond donors (Lipinski definition) is 2. The Kier molecular flexibility index (Phi) is 9.55. The Morgan fingerprint density at radius 1 is 1.22 bits per heavy atom. The fraction of sp³-hybridized carbons (Fsp3) is 0.611. The van der Waals surface area contributed by atoms with Gasteiger partial charge in [-0.05, 0) is 39.2 Å². The minimum Gasteiger partial charge on any atom is -0.357 e. The molecule has 130 valence electrons. The molecule has 1 heterocycles. The molecule has 0 bridgehead atoms. The van der Waals surface area contributed by atoms with Crippen molar-refractivity contribution in [3.63, 3.8) is 0 Å². The second-order valence-electron chi connectivity index (χ2n) is 6.23. The average molecular weight is 430 g/mol. The highest BCUT2D eigenvalue weighted by Crippen LogP contribution is 2.12. The van der Waals surface area contributed by atoms with Crippen molar-refractivity contribution in [3.8, 4) is 0 Å². The zero-order valence-corrected chi connectivity index (χ0v) is 16.9. The van der Waals surface area contributed by atoms with E-state index in [9.17, 15) is 0 Å². The molecule has 2 rings (SSSR count). The first-order valence-electron chi connectivity index (χ1n) is 8.52. The molecule has 0 radical (unpaired) electrons. The molecule has 1 aliphatic heterocycles. The molecule has 1 aliphatic rings. The summed E-state index contributed by atoms with van der Waals surface area (Å²) < 4.78 is 0. The van der Waals surface area contributed by atoms with E-state index in [1.807, 2.05) is 6.07 Å². The smallest absolute Gasteiger partial charge is 0.191 e. The van der Waals surface area contributed by atoms with E-state index in [1.54, 1.807) is 0 Å². The van der Waals surface area contributed by atoms with Gasteiger partial charge in [0.1, 0.15) is 0 Å². The molecule has 1 aromatic rings. The zero-order valence-electron chi connectivity index (χ0n) is 14.6. The van der Waals surface area contributed by atoms with E-state index >= 15 is 0 Å². The summed E-state index contributed by atoms with van der Waals surface area (Å²) in [5.41, 5.74) is 1.24. The van der Waals surface area contributed by atoms with Crippen LogP contribution in [0.2, 0.25) is 0 Å². The van der Waals surface area contributed by atoms with Gasteiger partial charge in [0.25, 0.3) is 0 Å². The Morgan fingerprint density at radius 2 is 1.87 bits per heavy atom. The first-order valence-corrected chi connectivity index (χ1v) is 8.52. The Labute approximate surface area is 158 Å². The number of benzene rings is 1. The number of piperidine rings is 1. The summed E-state index contributed by atoms with van der Waals surface area (Å²) >= 11 is 0. The third-order valence-electron chi connectivity index (χ3n) is 4.21. The summed E-state index contributed by atoms with van der Waals surface area (Å²) in [7, 11) is 0. The normalized spacial score (nSPS) is 17.0.